The molecule has 17 nitrogen and oxygen atoms in total. The van der Waals surface area contributed by atoms with Crippen LogP contribution in [0.2, 0.25) is 0 Å². The van der Waals surface area contributed by atoms with Crippen LogP contribution in [-0.2, 0) is 24.0 Å². The Morgan fingerprint density at radius 3 is 1.27 bits per heavy atom. The summed E-state index contributed by atoms with van der Waals surface area (Å²) in [5.74, 6) is -4.51. The van der Waals surface area contributed by atoms with Gasteiger partial charge in [0.2, 0.25) is 0 Å². The second kappa shape index (κ2) is 20.1. The van der Waals surface area contributed by atoms with E-state index in [0.717, 1.165) is 0 Å². The van der Waals surface area contributed by atoms with Crippen molar-refractivity contribution in [2.75, 3.05) is 111 Å². The van der Waals surface area contributed by atoms with Crippen LogP contribution in [0.15, 0.2) is 24.3 Å². The normalized spacial score (nSPS) is 16.4. The summed E-state index contributed by atoms with van der Waals surface area (Å²) in [6, 6.07) is 6.85. The average molecular weight is 642 g/mol. The summed E-state index contributed by atoms with van der Waals surface area (Å²) in [5, 5.41) is 46.1. The molecule has 1 aromatic rings. The van der Waals surface area contributed by atoms with Gasteiger partial charge in [0.15, 0.2) is 11.5 Å². The number of carboxylic acid groups (broad SMARTS) is 5. The second-order valence-electron chi connectivity index (χ2n) is 10.5. The zero-order chi connectivity index (χ0) is 33.2. The number of hydrogen-bond donors (Lipinski definition) is 5. The predicted octanol–water partition coefficient (Wildman–Crippen LogP) is -1.61. The minimum atomic E-state index is -1.15. The molecule has 252 valence electrons. The highest BCUT2D eigenvalue weighted by Gasteiger charge is 2.20. The van der Waals surface area contributed by atoms with Gasteiger partial charge in [0.25, 0.3) is 0 Å². The number of carbonyl (C=O) groups is 5. The number of rotatable bonds is 18. The highest BCUT2D eigenvalue weighted by Crippen LogP contribution is 2.26. The van der Waals surface area contributed by atoms with E-state index < -0.39 is 42.9 Å². The number of nitrogens with zero attached hydrogens (tertiary/aromatic N) is 5. The number of para-hydroxylation sites is 2. The first kappa shape index (κ1) is 37.2. The molecule has 0 radical (unpaired) electrons. The Labute approximate surface area is 260 Å². The van der Waals surface area contributed by atoms with E-state index in [2.05, 4.69) is 0 Å². The van der Waals surface area contributed by atoms with Gasteiger partial charge in [-0.3, -0.25) is 48.5 Å². The summed E-state index contributed by atoms with van der Waals surface area (Å²) < 4.78 is 11.8. The van der Waals surface area contributed by atoms with E-state index >= 15 is 0 Å². The molecule has 1 saturated heterocycles. The van der Waals surface area contributed by atoms with Crippen molar-refractivity contribution < 1.29 is 59.0 Å². The maximum absolute atomic E-state index is 11.5. The number of ether oxygens (including phenoxy) is 2. The Morgan fingerprint density at radius 1 is 0.556 bits per heavy atom. The molecular weight excluding hydrogens is 598 g/mol. The van der Waals surface area contributed by atoms with Gasteiger partial charge in [0, 0.05) is 65.4 Å². The predicted molar refractivity (Wildman–Crippen MR) is 158 cm³/mol. The first-order valence-electron chi connectivity index (χ1n) is 14.5. The number of carboxylic acids is 5. The molecule has 45 heavy (non-hydrogen) atoms. The summed E-state index contributed by atoms with van der Waals surface area (Å²) in [6.07, 6.45) is 0. The Balaban J connectivity index is 2.04. The van der Waals surface area contributed by atoms with E-state index in [4.69, 9.17) is 19.7 Å². The minimum Gasteiger partial charge on any atom is -0.488 e. The van der Waals surface area contributed by atoms with Crippen molar-refractivity contribution in [3.8, 4) is 11.5 Å². The van der Waals surface area contributed by atoms with Gasteiger partial charge in [0.05, 0.1) is 32.7 Å². The molecule has 0 spiro atoms. The molecule has 0 atom stereocenters. The average Bonchev–Trinajstić information content (AvgIpc) is 2.93. The van der Waals surface area contributed by atoms with Crippen LogP contribution in [0.25, 0.3) is 0 Å². The number of hydrogen-bond acceptors (Lipinski definition) is 12. The molecule has 1 aromatic carbocycles. The zero-order valence-electron chi connectivity index (χ0n) is 25.2. The van der Waals surface area contributed by atoms with E-state index in [1.807, 2.05) is 4.90 Å². The molecule has 17 heteroatoms. The smallest absolute Gasteiger partial charge is 0.317 e. The fourth-order valence-electron chi connectivity index (χ4n) is 4.71. The lowest BCUT2D eigenvalue weighted by Gasteiger charge is -2.33. The quantitative estimate of drug-likeness (QED) is 0.122. The fraction of sp³-hybridized carbons (Fsp3) is 0.607. The van der Waals surface area contributed by atoms with Gasteiger partial charge in [-0.15, -0.1) is 0 Å². The largest absolute Gasteiger partial charge is 0.488 e. The fourth-order valence-corrected chi connectivity index (χ4v) is 4.71. The van der Waals surface area contributed by atoms with Crippen molar-refractivity contribution in [2.24, 2.45) is 0 Å². The van der Waals surface area contributed by atoms with Gasteiger partial charge in [-0.1, -0.05) is 12.1 Å². The van der Waals surface area contributed by atoms with Crippen LogP contribution in [0.4, 0.5) is 0 Å². The molecule has 0 saturated carbocycles. The maximum atomic E-state index is 11.5. The highest BCUT2D eigenvalue weighted by molar-refractivity contribution is 5.72. The Kier molecular flexibility index (Phi) is 16.6. The van der Waals surface area contributed by atoms with Crippen LogP contribution in [0, 0.1) is 0 Å². The molecule has 0 amide bonds. The Hall–Kier alpha value is -4.03. The van der Waals surface area contributed by atoms with Crippen LogP contribution < -0.4 is 9.47 Å². The van der Waals surface area contributed by atoms with Crippen molar-refractivity contribution in [3.05, 3.63) is 24.3 Å². The van der Waals surface area contributed by atoms with Gasteiger partial charge >= 0.3 is 29.8 Å². The zero-order valence-corrected chi connectivity index (χ0v) is 25.2. The highest BCUT2D eigenvalue weighted by atomic mass is 16.5. The second-order valence-corrected chi connectivity index (χ2v) is 10.5. The van der Waals surface area contributed by atoms with Gasteiger partial charge in [0.1, 0.15) is 13.2 Å². The van der Waals surface area contributed by atoms with E-state index in [9.17, 15) is 39.3 Å². The number of aliphatic carboxylic acids is 5. The molecule has 0 bridgehead atoms. The molecule has 0 aromatic heterocycles. The van der Waals surface area contributed by atoms with Crippen LogP contribution >= 0.6 is 0 Å². The lowest BCUT2D eigenvalue weighted by molar-refractivity contribution is -0.142. The lowest BCUT2D eigenvalue weighted by Crippen LogP contribution is -2.48. The maximum Gasteiger partial charge on any atom is 0.317 e. The van der Waals surface area contributed by atoms with E-state index in [-0.39, 0.29) is 39.4 Å². The minimum absolute atomic E-state index is 0.0236. The van der Waals surface area contributed by atoms with E-state index in [1.54, 1.807) is 39.0 Å². The molecule has 1 aliphatic rings. The van der Waals surface area contributed by atoms with Crippen molar-refractivity contribution in [1.82, 2.24) is 24.5 Å². The first-order valence-corrected chi connectivity index (χ1v) is 14.5. The lowest BCUT2D eigenvalue weighted by atomic mass is 10.3. The summed E-state index contributed by atoms with van der Waals surface area (Å²) >= 11 is 0. The monoisotopic (exact) mass is 641 g/mol. The molecule has 1 fully saturated rings. The van der Waals surface area contributed by atoms with Gasteiger partial charge < -0.3 is 35.0 Å². The van der Waals surface area contributed by atoms with Crippen molar-refractivity contribution in [1.29, 1.82) is 0 Å². The third kappa shape index (κ3) is 16.6. The van der Waals surface area contributed by atoms with Crippen molar-refractivity contribution in [2.45, 2.75) is 0 Å². The van der Waals surface area contributed by atoms with Gasteiger partial charge in [-0.05, 0) is 12.1 Å². The van der Waals surface area contributed by atoms with E-state index in [0.29, 0.717) is 70.4 Å². The van der Waals surface area contributed by atoms with Gasteiger partial charge in [-0.2, -0.15) is 0 Å². The van der Waals surface area contributed by atoms with Crippen molar-refractivity contribution >= 4 is 29.8 Å². The topological polar surface area (TPSA) is 221 Å². The van der Waals surface area contributed by atoms with Gasteiger partial charge in [-0.25, -0.2) is 0 Å². The van der Waals surface area contributed by atoms with Crippen LogP contribution in [-0.4, -0.2) is 191 Å². The standard InChI is InChI=1S/C28H43N5O12/c34-24(35)17-30-7-5-29(6-8-31(18-25(36)37)10-12-32(11-9-30)19-26(38)39)13-15-44-22-3-1-2-4-23(22)45-16-14-33(20-27(40)41)21-28(42)43/h1-4H,5-21H2,(H,34,35)(H,36,37)(H,38,39)(H,40,41)(H,42,43). The molecule has 5 N–H and O–H groups in total. The number of benzene rings is 1. The van der Waals surface area contributed by atoms with Crippen LogP contribution in [0.1, 0.15) is 0 Å². The van der Waals surface area contributed by atoms with Crippen LogP contribution in [0.3, 0.4) is 0 Å². The third-order valence-corrected chi connectivity index (χ3v) is 6.90. The Morgan fingerprint density at radius 2 is 0.911 bits per heavy atom. The summed E-state index contributed by atoms with van der Waals surface area (Å²) in [5.41, 5.74) is 0. The summed E-state index contributed by atoms with van der Waals surface area (Å²) in [4.78, 5) is 64.8. The summed E-state index contributed by atoms with van der Waals surface area (Å²) in [6.45, 7) is 2.12. The third-order valence-electron chi connectivity index (χ3n) is 6.90. The molecule has 0 aliphatic carbocycles. The molecule has 1 heterocycles. The first-order chi connectivity index (χ1) is 21.4. The molecule has 2 rings (SSSR count). The Bertz CT molecular complexity index is 1080. The SMILES string of the molecule is O=C(O)CN1CCN(CCOc2ccccc2OCCN(CC(=O)O)CC(=O)O)CCN(CC(=O)O)CCN(CC(=O)O)CC1. The summed E-state index contributed by atoms with van der Waals surface area (Å²) in [7, 11) is 0. The van der Waals surface area contributed by atoms with Crippen LogP contribution in [0.5, 0.6) is 11.5 Å². The van der Waals surface area contributed by atoms with E-state index in [1.165, 1.54) is 4.90 Å². The molecule has 0 unspecified atom stereocenters. The van der Waals surface area contributed by atoms with Crippen molar-refractivity contribution in [3.63, 3.8) is 0 Å². The molecule has 1 aliphatic heterocycles. The molecular formula is C28H43N5O12.